The summed E-state index contributed by atoms with van der Waals surface area (Å²) in [6, 6.07) is 2.62. The minimum Gasteiger partial charge on any atom is -0.376 e. The maximum Gasteiger partial charge on any atom is 0.0872 e. The lowest BCUT2D eigenvalue weighted by atomic mass is 9.72. The van der Waals surface area contributed by atoms with Gasteiger partial charge in [-0.1, -0.05) is 0 Å². The van der Waals surface area contributed by atoms with E-state index < -0.39 is 0 Å². The van der Waals surface area contributed by atoms with E-state index in [9.17, 15) is 0 Å². The molecule has 1 aliphatic rings. The van der Waals surface area contributed by atoms with Crippen molar-refractivity contribution in [2.75, 3.05) is 14.2 Å². The lowest BCUT2D eigenvalue weighted by molar-refractivity contribution is -0.0982. The predicted octanol–water partition coefficient (Wildman–Crippen LogP) is 2.89. The van der Waals surface area contributed by atoms with Crippen LogP contribution in [0.1, 0.15) is 35.7 Å². The summed E-state index contributed by atoms with van der Waals surface area (Å²) in [6.45, 7) is 2.15. The second-order valence-electron chi connectivity index (χ2n) is 4.33. The first kappa shape index (κ1) is 11.1. The molecule has 1 unspecified atom stereocenters. The van der Waals surface area contributed by atoms with Crippen LogP contribution in [0, 0.1) is 6.92 Å². The van der Waals surface area contributed by atoms with Gasteiger partial charge in [0, 0.05) is 12.0 Å². The molecule has 0 aliphatic heterocycles. The van der Waals surface area contributed by atoms with Crippen LogP contribution in [-0.4, -0.2) is 19.8 Å². The molecule has 1 aromatic heterocycles. The summed E-state index contributed by atoms with van der Waals surface area (Å²) in [5.74, 6) is 0. The van der Waals surface area contributed by atoms with Gasteiger partial charge in [0.2, 0.25) is 0 Å². The number of hydrogen-bond acceptors (Lipinski definition) is 3. The summed E-state index contributed by atoms with van der Waals surface area (Å²) < 4.78 is 5.73. The van der Waals surface area contributed by atoms with Gasteiger partial charge in [-0.2, -0.15) is 0 Å². The average molecular weight is 225 g/mol. The fourth-order valence-electron chi connectivity index (χ4n) is 2.48. The van der Waals surface area contributed by atoms with Gasteiger partial charge in [-0.25, -0.2) is 0 Å². The summed E-state index contributed by atoms with van der Waals surface area (Å²) in [5, 5.41) is 5.65. The van der Waals surface area contributed by atoms with Crippen molar-refractivity contribution in [1.82, 2.24) is 5.32 Å². The van der Waals surface area contributed by atoms with Crippen LogP contribution in [0.4, 0.5) is 0 Å². The van der Waals surface area contributed by atoms with Crippen molar-refractivity contribution in [2.45, 2.75) is 37.8 Å². The minimum atomic E-state index is 0.0439. The number of nitrogens with one attached hydrogen (secondary N) is 1. The van der Waals surface area contributed by atoms with Crippen molar-refractivity contribution < 1.29 is 4.74 Å². The number of hydrogen-bond donors (Lipinski definition) is 1. The number of aryl methyl sites for hydroxylation is 1. The summed E-state index contributed by atoms with van der Waals surface area (Å²) >= 11 is 1.81. The Balaban J connectivity index is 2.23. The summed E-state index contributed by atoms with van der Waals surface area (Å²) in [7, 11) is 3.86. The van der Waals surface area contributed by atoms with Crippen LogP contribution in [0.25, 0.3) is 0 Å². The van der Waals surface area contributed by atoms with E-state index in [0.717, 1.165) is 0 Å². The molecule has 1 heterocycles. The van der Waals surface area contributed by atoms with E-state index in [-0.39, 0.29) is 5.60 Å². The molecule has 0 spiro atoms. The zero-order valence-corrected chi connectivity index (χ0v) is 10.5. The molecular formula is C12H19NOS. The fraction of sp³-hybridized carbons (Fsp3) is 0.667. The smallest absolute Gasteiger partial charge is 0.0872 e. The van der Waals surface area contributed by atoms with E-state index >= 15 is 0 Å². The van der Waals surface area contributed by atoms with Crippen molar-refractivity contribution in [3.05, 3.63) is 21.9 Å². The van der Waals surface area contributed by atoms with Gasteiger partial charge in [-0.3, -0.25) is 0 Å². The van der Waals surface area contributed by atoms with Crippen LogP contribution < -0.4 is 5.32 Å². The highest BCUT2D eigenvalue weighted by Gasteiger charge is 2.44. The van der Waals surface area contributed by atoms with Gasteiger partial charge in [0.1, 0.15) is 0 Å². The standard InChI is InChI=1S/C12H19NOS/c1-9-7-10(8-15-9)11(13-2)12(14-3)5-4-6-12/h7-8,11,13H,4-6H2,1-3H3. The predicted molar refractivity (Wildman–Crippen MR) is 64.4 cm³/mol. The van der Waals surface area contributed by atoms with Gasteiger partial charge in [0.15, 0.2) is 0 Å². The zero-order valence-electron chi connectivity index (χ0n) is 9.67. The van der Waals surface area contributed by atoms with Crippen molar-refractivity contribution in [3.63, 3.8) is 0 Å². The molecule has 0 aromatic carbocycles. The van der Waals surface area contributed by atoms with E-state index in [2.05, 4.69) is 23.7 Å². The molecule has 1 fully saturated rings. The normalized spacial score (nSPS) is 21.0. The van der Waals surface area contributed by atoms with E-state index in [1.54, 1.807) is 0 Å². The number of methoxy groups -OCH3 is 1. The van der Waals surface area contributed by atoms with E-state index in [1.165, 1.54) is 29.7 Å². The molecule has 1 N–H and O–H groups in total. The highest BCUT2D eigenvalue weighted by atomic mass is 32.1. The third kappa shape index (κ3) is 1.84. The van der Waals surface area contributed by atoms with Crippen LogP contribution in [-0.2, 0) is 4.74 Å². The lowest BCUT2D eigenvalue weighted by Crippen LogP contribution is -2.49. The number of rotatable bonds is 4. The van der Waals surface area contributed by atoms with E-state index in [1.807, 2.05) is 25.5 Å². The Labute approximate surface area is 95.6 Å². The van der Waals surface area contributed by atoms with Gasteiger partial charge in [-0.15, -0.1) is 11.3 Å². The fourth-order valence-corrected chi connectivity index (χ4v) is 3.21. The van der Waals surface area contributed by atoms with E-state index in [4.69, 9.17) is 4.74 Å². The molecule has 15 heavy (non-hydrogen) atoms. The molecule has 1 aliphatic carbocycles. The monoisotopic (exact) mass is 225 g/mol. The molecule has 1 atom stereocenters. The molecule has 84 valence electrons. The summed E-state index contributed by atoms with van der Waals surface area (Å²) in [4.78, 5) is 1.37. The SMILES string of the molecule is CNC(c1csc(C)c1)C1(OC)CCC1. The number of likely N-dealkylation sites (N-methyl/N-ethyl adjacent to an activating group) is 1. The first-order valence-electron chi connectivity index (χ1n) is 5.49. The van der Waals surface area contributed by atoms with Crippen molar-refractivity contribution in [2.24, 2.45) is 0 Å². The second kappa shape index (κ2) is 4.24. The Kier molecular flexibility index (Phi) is 3.14. The molecule has 0 radical (unpaired) electrons. The van der Waals surface area contributed by atoms with Gasteiger partial charge < -0.3 is 10.1 Å². The molecular weight excluding hydrogens is 206 g/mol. The molecule has 2 nitrogen and oxygen atoms in total. The van der Waals surface area contributed by atoms with Crippen LogP contribution in [0.15, 0.2) is 11.4 Å². The highest BCUT2D eigenvalue weighted by molar-refractivity contribution is 7.10. The topological polar surface area (TPSA) is 21.3 Å². The largest absolute Gasteiger partial charge is 0.376 e. The highest BCUT2D eigenvalue weighted by Crippen LogP contribution is 2.45. The maximum absolute atomic E-state index is 5.73. The maximum atomic E-state index is 5.73. The lowest BCUT2D eigenvalue weighted by Gasteiger charge is -2.46. The Morgan fingerprint density at radius 2 is 2.27 bits per heavy atom. The Morgan fingerprint density at radius 1 is 1.53 bits per heavy atom. The van der Waals surface area contributed by atoms with Crippen LogP contribution in [0.2, 0.25) is 0 Å². The molecule has 0 saturated heterocycles. The van der Waals surface area contributed by atoms with Crippen LogP contribution >= 0.6 is 11.3 Å². The van der Waals surface area contributed by atoms with Crippen LogP contribution in [0.5, 0.6) is 0 Å². The third-order valence-corrected chi connectivity index (χ3v) is 4.39. The summed E-state index contributed by atoms with van der Waals surface area (Å²) in [5.41, 5.74) is 1.42. The first-order valence-corrected chi connectivity index (χ1v) is 6.37. The Hall–Kier alpha value is -0.380. The minimum absolute atomic E-state index is 0.0439. The van der Waals surface area contributed by atoms with Gasteiger partial charge in [0.05, 0.1) is 11.6 Å². The molecule has 2 rings (SSSR count). The third-order valence-electron chi connectivity index (χ3n) is 3.51. The zero-order chi connectivity index (χ0) is 10.9. The Morgan fingerprint density at radius 3 is 2.60 bits per heavy atom. The first-order chi connectivity index (χ1) is 7.22. The van der Waals surface area contributed by atoms with Gasteiger partial charge in [-0.05, 0) is 50.2 Å². The van der Waals surface area contributed by atoms with E-state index in [0.29, 0.717) is 6.04 Å². The molecule has 0 bridgehead atoms. The van der Waals surface area contributed by atoms with Gasteiger partial charge >= 0.3 is 0 Å². The summed E-state index contributed by atoms with van der Waals surface area (Å²) in [6.07, 6.45) is 3.63. The molecule has 1 saturated carbocycles. The van der Waals surface area contributed by atoms with Crippen LogP contribution in [0.3, 0.4) is 0 Å². The van der Waals surface area contributed by atoms with Gasteiger partial charge in [0.25, 0.3) is 0 Å². The molecule has 1 aromatic rings. The number of thiophene rings is 1. The van der Waals surface area contributed by atoms with Crippen molar-refractivity contribution >= 4 is 11.3 Å². The molecule has 0 amide bonds. The molecule has 3 heteroatoms. The average Bonchev–Trinajstić information content (AvgIpc) is 2.58. The van der Waals surface area contributed by atoms with Crippen molar-refractivity contribution in [3.8, 4) is 0 Å². The number of ether oxygens (including phenoxy) is 1. The Bertz CT molecular complexity index is 325. The van der Waals surface area contributed by atoms with Crippen molar-refractivity contribution in [1.29, 1.82) is 0 Å². The second-order valence-corrected chi connectivity index (χ2v) is 5.45. The quantitative estimate of drug-likeness (QED) is 0.850.